The number of aliphatic carboxylic acids is 1. The summed E-state index contributed by atoms with van der Waals surface area (Å²) in [5.41, 5.74) is 1.09. The number of carboxylic acids is 1. The van der Waals surface area contributed by atoms with E-state index in [0.29, 0.717) is 12.2 Å². The molecule has 18 heavy (non-hydrogen) atoms. The maximum Gasteiger partial charge on any atom is 0.326 e. The highest BCUT2D eigenvalue weighted by atomic mass is 16.4. The molecule has 0 spiro atoms. The summed E-state index contributed by atoms with van der Waals surface area (Å²) >= 11 is 0. The summed E-state index contributed by atoms with van der Waals surface area (Å²) < 4.78 is 1.54. The number of carboxylic acid groups (broad SMARTS) is 1. The molecule has 1 aromatic rings. The van der Waals surface area contributed by atoms with Gasteiger partial charge in [0.15, 0.2) is 0 Å². The zero-order valence-corrected chi connectivity index (χ0v) is 10.5. The molecule has 1 unspecified atom stereocenters. The van der Waals surface area contributed by atoms with Crippen molar-refractivity contribution in [3.63, 3.8) is 0 Å². The van der Waals surface area contributed by atoms with Crippen molar-refractivity contribution in [2.45, 2.75) is 32.9 Å². The van der Waals surface area contributed by atoms with Crippen LogP contribution >= 0.6 is 0 Å². The van der Waals surface area contributed by atoms with E-state index in [1.54, 1.807) is 13.0 Å². The Morgan fingerprint density at radius 3 is 2.83 bits per heavy atom. The van der Waals surface area contributed by atoms with Crippen molar-refractivity contribution in [2.75, 3.05) is 0 Å². The van der Waals surface area contributed by atoms with Gasteiger partial charge in [0.25, 0.3) is 5.91 Å². The lowest BCUT2D eigenvalue weighted by atomic mass is 10.2. The van der Waals surface area contributed by atoms with Crippen LogP contribution in [0.3, 0.4) is 0 Å². The predicted octanol–water partition coefficient (Wildman–Crippen LogP) is 0.971. The van der Waals surface area contributed by atoms with Crippen molar-refractivity contribution in [3.05, 3.63) is 30.1 Å². The number of rotatable bonds is 6. The largest absolute Gasteiger partial charge is 0.480 e. The molecule has 0 saturated carbocycles. The average Bonchev–Trinajstić information content (AvgIpc) is 2.69. The number of amides is 1. The molecular weight excluding hydrogens is 234 g/mol. The maximum atomic E-state index is 12.0. The number of carbonyl (C=O) groups excluding carboxylic acids is 1. The Hall–Kier alpha value is -2.11. The summed E-state index contributed by atoms with van der Waals surface area (Å²) in [6.07, 6.45) is 1.64. The van der Waals surface area contributed by atoms with Crippen molar-refractivity contribution in [3.8, 4) is 0 Å². The van der Waals surface area contributed by atoms with Gasteiger partial charge in [0, 0.05) is 6.54 Å². The summed E-state index contributed by atoms with van der Waals surface area (Å²) in [7, 11) is 0. The fourth-order valence-corrected chi connectivity index (χ4v) is 1.59. The van der Waals surface area contributed by atoms with Gasteiger partial charge in [-0.25, -0.2) is 4.79 Å². The quantitative estimate of drug-likeness (QED) is 0.738. The highest BCUT2D eigenvalue weighted by Crippen LogP contribution is 2.05. The number of aromatic nitrogens is 2. The SMILES string of the molecule is C=CCC(NC(=O)c1cc(C)nn1CC)C(=O)O. The standard InChI is InChI=1S/C12H17N3O3/c1-4-6-9(12(17)18)13-11(16)10-7-8(3)14-15(10)5-2/h4,7,9H,1,5-6H2,2-3H3,(H,13,16)(H,17,18). The van der Waals surface area contributed by atoms with Gasteiger partial charge in [-0.1, -0.05) is 6.08 Å². The second kappa shape index (κ2) is 6.00. The van der Waals surface area contributed by atoms with Crippen LogP contribution in [0, 0.1) is 6.92 Å². The van der Waals surface area contributed by atoms with Gasteiger partial charge in [-0.3, -0.25) is 9.48 Å². The summed E-state index contributed by atoms with van der Waals surface area (Å²) in [4.78, 5) is 22.9. The van der Waals surface area contributed by atoms with E-state index in [-0.39, 0.29) is 6.42 Å². The maximum absolute atomic E-state index is 12.0. The second-order valence-electron chi connectivity index (χ2n) is 3.88. The van der Waals surface area contributed by atoms with E-state index in [1.807, 2.05) is 6.92 Å². The lowest BCUT2D eigenvalue weighted by Crippen LogP contribution is -2.41. The van der Waals surface area contributed by atoms with Crippen molar-refractivity contribution in [1.29, 1.82) is 0 Å². The number of hydrogen-bond donors (Lipinski definition) is 2. The minimum Gasteiger partial charge on any atom is -0.480 e. The van der Waals surface area contributed by atoms with Crippen LogP contribution in [-0.2, 0) is 11.3 Å². The molecule has 6 nitrogen and oxygen atoms in total. The van der Waals surface area contributed by atoms with Gasteiger partial charge in [0.05, 0.1) is 5.69 Å². The topological polar surface area (TPSA) is 84.2 Å². The average molecular weight is 251 g/mol. The summed E-state index contributed by atoms with van der Waals surface area (Å²) in [5.74, 6) is -1.52. The Labute approximate surface area is 105 Å². The molecule has 0 aliphatic rings. The summed E-state index contributed by atoms with van der Waals surface area (Å²) in [5, 5.41) is 15.5. The molecular formula is C12H17N3O3. The first-order valence-corrected chi connectivity index (χ1v) is 5.68. The van der Waals surface area contributed by atoms with Gasteiger partial charge < -0.3 is 10.4 Å². The molecule has 1 rings (SSSR count). The molecule has 1 aromatic heterocycles. The zero-order chi connectivity index (χ0) is 13.7. The molecule has 0 fully saturated rings. The first kappa shape index (κ1) is 14.0. The van der Waals surface area contributed by atoms with Gasteiger partial charge in [0.1, 0.15) is 11.7 Å². The third-order valence-corrected chi connectivity index (χ3v) is 2.44. The number of aryl methyl sites for hydroxylation is 2. The molecule has 0 aromatic carbocycles. The van der Waals surface area contributed by atoms with Crippen LogP contribution in [0.25, 0.3) is 0 Å². The normalized spacial score (nSPS) is 11.9. The molecule has 0 bridgehead atoms. The first-order valence-electron chi connectivity index (χ1n) is 5.68. The summed E-state index contributed by atoms with van der Waals surface area (Å²) in [6.45, 7) is 7.66. The minimum absolute atomic E-state index is 0.181. The third-order valence-electron chi connectivity index (χ3n) is 2.44. The Morgan fingerprint density at radius 1 is 1.67 bits per heavy atom. The van der Waals surface area contributed by atoms with E-state index < -0.39 is 17.9 Å². The number of nitrogens with one attached hydrogen (secondary N) is 1. The van der Waals surface area contributed by atoms with Gasteiger partial charge in [0.2, 0.25) is 0 Å². The summed E-state index contributed by atoms with van der Waals surface area (Å²) in [6, 6.07) is 0.668. The lowest BCUT2D eigenvalue weighted by Gasteiger charge is -2.12. The second-order valence-corrected chi connectivity index (χ2v) is 3.88. The van der Waals surface area contributed by atoms with Gasteiger partial charge in [-0.2, -0.15) is 5.10 Å². The van der Waals surface area contributed by atoms with Gasteiger partial charge in [-0.05, 0) is 26.3 Å². The van der Waals surface area contributed by atoms with Crippen LogP contribution in [-0.4, -0.2) is 32.8 Å². The molecule has 98 valence electrons. The van der Waals surface area contributed by atoms with Crippen molar-refractivity contribution < 1.29 is 14.7 Å². The molecule has 2 N–H and O–H groups in total. The van der Waals surface area contributed by atoms with Crippen molar-refractivity contribution in [1.82, 2.24) is 15.1 Å². The predicted molar refractivity (Wildman–Crippen MR) is 66.3 cm³/mol. The van der Waals surface area contributed by atoms with Crippen LogP contribution in [0.2, 0.25) is 0 Å². The zero-order valence-electron chi connectivity index (χ0n) is 10.5. The molecule has 1 atom stereocenters. The smallest absolute Gasteiger partial charge is 0.326 e. The van der Waals surface area contributed by atoms with Crippen molar-refractivity contribution in [2.24, 2.45) is 0 Å². The van der Waals surface area contributed by atoms with Crippen LogP contribution < -0.4 is 5.32 Å². The molecule has 0 aliphatic carbocycles. The highest BCUT2D eigenvalue weighted by Gasteiger charge is 2.21. The van der Waals surface area contributed by atoms with Gasteiger partial charge in [-0.15, -0.1) is 6.58 Å². The molecule has 1 amide bonds. The van der Waals surface area contributed by atoms with E-state index >= 15 is 0 Å². The number of carbonyl (C=O) groups is 2. The number of hydrogen-bond acceptors (Lipinski definition) is 3. The lowest BCUT2D eigenvalue weighted by molar-refractivity contribution is -0.139. The molecule has 0 saturated heterocycles. The Balaban J connectivity index is 2.86. The van der Waals surface area contributed by atoms with E-state index in [9.17, 15) is 9.59 Å². The third kappa shape index (κ3) is 3.19. The Bertz CT molecular complexity index is 465. The van der Waals surface area contributed by atoms with E-state index in [1.165, 1.54) is 10.8 Å². The van der Waals surface area contributed by atoms with E-state index in [0.717, 1.165) is 5.69 Å². The monoisotopic (exact) mass is 251 g/mol. The van der Waals surface area contributed by atoms with Gasteiger partial charge >= 0.3 is 5.97 Å². The fraction of sp³-hybridized carbons (Fsp3) is 0.417. The Morgan fingerprint density at radius 2 is 2.33 bits per heavy atom. The molecule has 0 radical (unpaired) electrons. The van der Waals surface area contributed by atoms with E-state index in [2.05, 4.69) is 17.0 Å². The van der Waals surface area contributed by atoms with E-state index in [4.69, 9.17) is 5.11 Å². The molecule has 1 heterocycles. The van der Waals surface area contributed by atoms with Crippen LogP contribution in [0.15, 0.2) is 18.7 Å². The molecule has 0 aliphatic heterocycles. The van der Waals surface area contributed by atoms with Crippen LogP contribution in [0.4, 0.5) is 0 Å². The molecule has 6 heteroatoms. The first-order chi connectivity index (χ1) is 8.49. The number of nitrogens with zero attached hydrogens (tertiary/aromatic N) is 2. The minimum atomic E-state index is -1.08. The fourth-order valence-electron chi connectivity index (χ4n) is 1.59. The van der Waals surface area contributed by atoms with Crippen molar-refractivity contribution >= 4 is 11.9 Å². The van der Waals surface area contributed by atoms with Crippen LogP contribution in [0.5, 0.6) is 0 Å². The Kier molecular flexibility index (Phi) is 4.65. The highest BCUT2D eigenvalue weighted by molar-refractivity contribution is 5.95. The van der Waals surface area contributed by atoms with Crippen LogP contribution in [0.1, 0.15) is 29.5 Å².